The number of unbranched alkanes of at least 4 members (excludes halogenated alkanes) is 2. The lowest BCUT2D eigenvalue weighted by atomic mass is 9.78. The number of carbonyl (C=O) groups is 4. The number of nitrogens with one attached hydrogen (secondary N) is 4. The average molecular weight is 1320 g/mol. The molecule has 0 fully saturated rings. The second-order valence-electron chi connectivity index (χ2n) is 23.1. The Morgan fingerprint density at radius 3 is 1.59 bits per heavy atom. The molecule has 6 aromatic rings. The molecule has 484 valence electrons. The Morgan fingerprint density at radius 1 is 0.560 bits per heavy atom. The molecule has 0 unspecified atom stereocenters. The zero-order chi connectivity index (χ0) is 66.6. The van der Waals surface area contributed by atoms with Gasteiger partial charge >= 0.3 is 0 Å². The van der Waals surface area contributed by atoms with Crippen molar-refractivity contribution in [2.24, 2.45) is 0 Å². The van der Waals surface area contributed by atoms with Gasteiger partial charge in [0.25, 0.3) is 54.0 Å². The van der Waals surface area contributed by atoms with Crippen LogP contribution in [0.5, 0.6) is 0 Å². The van der Waals surface area contributed by atoms with E-state index in [1.54, 1.807) is 38.1 Å². The number of nitrogens with zero attached hydrogens (tertiary/aromatic N) is 3. The van der Waals surface area contributed by atoms with Crippen LogP contribution < -0.4 is 26.2 Å². The molecule has 0 radical (unpaired) electrons. The summed E-state index contributed by atoms with van der Waals surface area (Å²) in [5.74, 6) is -5.00. The van der Waals surface area contributed by atoms with Gasteiger partial charge in [0.05, 0.1) is 21.6 Å². The van der Waals surface area contributed by atoms with Crippen molar-refractivity contribution < 1.29 is 71.1 Å². The van der Waals surface area contributed by atoms with E-state index in [0.29, 0.717) is 58.3 Å². The molecule has 0 atom stereocenters. The van der Waals surface area contributed by atoms with Gasteiger partial charge in [-0.1, -0.05) is 108 Å². The Balaban J connectivity index is 1.17. The smallest absolute Gasteiger partial charge is 0.295 e. The first-order chi connectivity index (χ1) is 42.7. The van der Waals surface area contributed by atoms with Crippen LogP contribution in [0.15, 0.2) is 125 Å². The maximum absolute atomic E-state index is 13.5. The van der Waals surface area contributed by atoms with Crippen molar-refractivity contribution in [2.45, 2.75) is 96.3 Å². The highest BCUT2D eigenvalue weighted by Gasteiger charge is 2.43. The normalized spacial score (nSPS) is 15.2. The van der Waals surface area contributed by atoms with Crippen molar-refractivity contribution in [2.75, 3.05) is 54.9 Å². The first-order valence-corrected chi connectivity index (χ1v) is 35.7. The van der Waals surface area contributed by atoms with Gasteiger partial charge in [0.1, 0.15) is 27.7 Å². The highest BCUT2D eigenvalue weighted by atomic mass is 32.2. The molecule has 8 rings (SSSR count). The van der Waals surface area contributed by atoms with Crippen LogP contribution in [0.3, 0.4) is 0 Å². The average Bonchev–Trinajstić information content (AvgIpc) is 1.60. The van der Waals surface area contributed by atoms with Crippen LogP contribution in [0.4, 0.5) is 5.69 Å². The SMILES string of the molecule is CCCCCN1/C(=C/C=C/C=C/C2=C(CCCS(=O)(=O)[O-])c3ccc4cc(-c5cc(C(=O)NCCS(=O)(=O)O)nc(C(=O)NCCS(=O)(=O)O)c5)ccc4c3C2(C)C)C(C)(C)c2c1cc(S(=O)(=O)O)c1cc(-c3cc(C(=O)NCC)nc(C(=O)NCC)c3)ccc21. The van der Waals surface area contributed by atoms with E-state index in [1.807, 2.05) is 82.3 Å². The molecule has 7 N–H and O–H groups in total. The molecule has 4 amide bonds. The number of benzene rings is 4. The molecule has 2 aromatic heterocycles. The predicted octanol–water partition coefficient (Wildman–Crippen LogP) is 8.45. The van der Waals surface area contributed by atoms with Gasteiger partial charge in [-0.25, -0.2) is 18.4 Å². The number of carbonyl (C=O) groups excluding carboxylic acids is 4. The number of pyridine rings is 2. The van der Waals surface area contributed by atoms with Crippen LogP contribution in [0.1, 0.15) is 139 Å². The summed E-state index contributed by atoms with van der Waals surface area (Å²) in [4.78, 5) is 63.1. The lowest BCUT2D eigenvalue weighted by molar-refractivity contribution is 0.0930. The number of allylic oxidation sites excluding steroid dienone is 8. The Bertz CT molecular complexity index is 4430. The number of hydrogen-bond donors (Lipinski definition) is 7. The molecule has 1 aliphatic carbocycles. The molecule has 0 bridgehead atoms. The second kappa shape index (κ2) is 27.4. The summed E-state index contributed by atoms with van der Waals surface area (Å²) in [7, 11) is -18.3. The minimum Gasteiger partial charge on any atom is -0.748 e. The van der Waals surface area contributed by atoms with E-state index < -0.39 is 105 Å². The van der Waals surface area contributed by atoms with Crippen LogP contribution >= 0.6 is 0 Å². The van der Waals surface area contributed by atoms with Crippen molar-refractivity contribution in [3.05, 3.63) is 160 Å². The second-order valence-corrected chi connectivity index (χ2v) is 29.2. The number of anilines is 1. The number of amides is 4. The standard InChI is InChI=1S/C64H73N7O16S4/c1-8-11-15-28-71-54-38-55(91(85,86)87)48-33-40(43-36-50(59(72)65-9-2)69-51(37-43)60(73)66-10-3)21-24-47(48)58(54)64(6,7)56(71)19-14-12-13-18-49-45(17-16-29-88(76,77)78)46-25-22-41-32-39(20-23-44(41)57(46)63(49,4)5)42-34-52(61(74)67-26-30-89(79,80)81)70-53(35-42)62(75)68-27-31-90(82,83)84/h12-14,18-25,32-38H,8-11,15-17,26-31H2,1-7H3,(H,65,72)(H,66,73)(H,67,74)(H,68,75)(H,76,77,78)(H,79,80,81)(H,82,83,84)(H,85,86,87)/p-1/b14-12+,18-13+,56-19+. The lowest BCUT2D eigenvalue weighted by Gasteiger charge is -2.27. The molecule has 0 saturated heterocycles. The summed E-state index contributed by atoms with van der Waals surface area (Å²) < 4.78 is 138. The quantitative estimate of drug-likeness (QED) is 0.0152. The third-order valence-electron chi connectivity index (χ3n) is 15.9. The van der Waals surface area contributed by atoms with Crippen LogP contribution in [0.25, 0.3) is 49.4 Å². The van der Waals surface area contributed by atoms with Crippen LogP contribution in [-0.2, 0) is 51.3 Å². The van der Waals surface area contributed by atoms with Crippen molar-refractivity contribution in [1.29, 1.82) is 0 Å². The lowest BCUT2D eigenvalue weighted by Crippen LogP contribution is -2.32. The molecule has 91 heavy (non-hydrogen) atoms. The molecule has 1 aliphatic heterocycles. The molecule has 2 aliphatic rings. The number of fused-ring (bicyclic) bond motifs is 6. The molecule has 0 saturated carbocycles. The van der Waals surface area contributed by atoms with Crippen LogP contribution in [-0.4, -0.2) is 135 Å². The van der Waals surface area contributed by atoms with Crippen molar-refractivity contribution in [1.82, 2.24) is 31.2 Å². The maximum Gasteiger partial charge on any atom is 0.295 e. The number of rotatable bonds is 26. The summed E-state index contributed by atoms with van der Waals surface area (Å²) in [6.45, 7) is 13.8. The van der Waals surface area contributed by atoms with Crippen LogP contribution in [0.2, 0.25) is 0 Å². The van der Waals surface area contributed by atoms with E-state index in [2.05, 4.69) is 43.1 Å². The van der Waals surface area contributed by atoms with Gasteiger partial charge in [-0.3, -0.25) is 32.8 Å². The summed E-state index contributed by atoms with van der Waals surface area (Å²) >= 11 is 0. The fourth-order valence-electron chi connectivity index (χ4n) is 11.9. The van der Waals surface area contributed by atoms with E-state index in [-0.39, 0.29) is 45.9 Å². The van der Waals surface area contributed by atoms with Gasteiger partial charge in [-0.2, -0.15) is 25.3 Å². The molecular formula is C64H72N7O16S4-. The van der Waals surface area contributed by atoms with Crippen molar-refractivity contribution >= 4 is 96.9 Å². The van der Waals surface area contributed by atoms with Gasteiger partial charge in [0, 0.05) is 66.1 Å². The Kier molecular flexibility index (Phi) is 20.8. The monoisotopic (exact) mass is 1320 g/mol. The number of hydrogen-bond acceptors (Lipinski definition) is 16. The number of aromatic nitrogens is 2. The molecule has 4 aromatic carbocycles. The topological polar surface area (TPSA) is 366 Å². The summed E-state index contributed by atoms with van der Waals surface area (Å²) in [5.41, 5.74) is 5.12. The minimum absolute atomic E-state index is 0.0180. The Labute approximate surface area is 529 Å². The predicted molar refractivity (Wildman–Crippen MR) is 348 cm³/mol. The molecule has 0 spiro atoms. The molecule has 3 heterocycles. The largest absolute Gasteiger partial charge is 0.748 e. The van der Waals surface area contributed by atoms with Crippen LogP contribution in [0, 0.1) is 0 Å². The third-order valence-corrected chi connectivity index (χ3v) is 19.1. The van der Waals surface area contributed by atoms with E-state index in [4.69, 9.17) is 0 Å². The fraction of sp³-hybridized carbons (Fsp3) is 0.344. The van der Waals surface area contributed by atoms with E-state index in [0.717, 1.165) is 58.2 Å². The first-order valence-electron chi connectivity index (χ1n) is 29.4. The summed E-state index contributed by atoms with van der Waals surface area (Å²) in [5, 5.41) is 12.4. The van der Waals surface area contributed by atoms with Gasteiger partial charge < -0.3 is 30.7 Å². The highest BCUT2D eigenvalue weighted by molar-refractivity contribution is 7.86. The fourth-order valence-corrected chi connectivity index (χ4v) is 13.8. The zero-order valence-corrected chi connectivity index (χ0v) is 54.5. The van der Waals surface area contributed by atoms with Gasteiger partial charge in [-0.05, 0) is 148 Å². The molecular weight excluding hydrogens is 1250 g/mol. The van der Waals surface area contributed by atoms with Gasteiger partial charge in [0.15, 0.2) is 0 Å². The minimum atomic E-state index is -4.86. The van der Waals surface area contributed by atoms with E-state index in [9.17, 15) is 71.1 Å². The van der Waals surface area contributed by atoms with Gasteiger partial charge in [-0.15, -0.1) is 0 Å². The molecule has 27 heteroatoms. The molecule has 23 nitrogen and oxygen atoms in total. The summed E-state index contributed by atoms with van der Waals surface area (Å²) in [6, 6.07) is 21.6. The Morgan fingerprint density at radius 2 is 1.09 bits per heavy atom. The first kappa shape index (κ1) is 68.9. The zero-order valence-electron chi connectivity index (χ0n) is 51.2. The third kappa shape index (κ3) is 16.0. The Hall–Kier alpha value is -8.02. The van der Waals surface area contributed by atoms with E-state index in [1.165, 1.54) is 30.3 Å². The highest BCUT2D eigenvalue weighted by Crippen LogP contribution is 2.54. The van der Waals surface area contributed by atoms with Crippen molar-refractivity contribution in [3.63, 3.8) is 0 Å². The maximum atomic E-state index is 13.5. The van der Waals surface area contributed by atoms with Crippen molar-refractivity contribution in [3.8, 4) is 22.3 Å². The summed E-state index contributed by atoms with van der Waals surface area (Å²) in [6.07, 6.45) is 12.3. The van der Waals surface area contributed by atoms with E-state index >= 15 is 0 Å². The van der Waals surface area contributed by atoms with Gasteiger partial charge in [0.2, 0.25) is 0 Å².